The van der Waals surface area contributed by atoms with E-state index in [4.69, 9.17) is 0 Å². The first-order chi connectivity index (χ1) is 9.25. The summed E-state index contributed by atoms with van der Waals surface area (Å²) < 4.78 is 2.64. The van der Waals surface area contributed by atoms with Gasteiger partial charge in [0.2, 0.25) is 0 Å². The molecule has 5 nitrogen and oxygen atoms in total. The third-order valence-electron chi connectivity index (χ3n) is 4.02. The largest absolute Gasteiger partial charge is 0.330 e. The quantitative estimate of drug-likeness (QED) is 0.849. The van der Waals surface area contributed by atoms with Crippen molar-refractivity contribution in [2.75, 3.05) is 6.54 Å². The second-order valence-corrected chi connectivity index (χ2v) is 6.16. The smallest absolute Gasteiger partial charge is 0.311 e. The van der Waals surface area contributed by atoms with Gasteiger partial charge in [-0.25, -0.2) is 4.79 Å². The second kappa shape index (κ2) is 6.88. The summed E-state index contributed by atoms with van der Waals surface area (Å²) in [6.07, 6.45) is 0. The predicted octanol–water partition coefficient (Wildman–Crippen LogP) is 1.10. The number of hydrogen-bond acceptors (Lipinski definition) is 3. The minimum Gasteiger partial charge on any atom is -0.311 e. The normalized spacial score (nSPS) is 11.8. The zero-order valence-electron chi connectivity index (χ0n) is 13.4. The van der Waals surface area contributed by atoms with Crippen molar-refractivity contribution in [1.82, 2.24) is 14.5 Å². The SMILES string of the molecule is CC(C)C(CNCc1cc(=O)n(C)c(=O)n1C)C(C)C. The van der Waals surface area contributed by atoms with Gasteiger partial charge in [-0.05, 0) is 24.3 Å². The lowest BCUT2D eigenvalue weighted by Crippen LogP contribution is -2.39. The Bertz CT molecular complexity index is 547. The Morgan fingerprint density at radius 3 is 2.10 bits per heavy atom. The number of aromatic nitrogens is 2. The summed E-state index contributed by atoms with van der Waals surface area (Å²) >= 11 is 0. The van der Waals surface area contributed by atoms with Gasteiger partial charge < -0.3 is 5.32 Å². The van der Waals surface area contributed by atoms with Gasteiger partial charge in [-0.15, -0.1) is 0 Å². The number of nitrogens with zero attached hydrogens (tertiary/aromatic N) is 2. The molecule has 1 aromatic heterocycles. The van der Waals surface area contributed by atoms with Crippen LogP contribution in [0.4, 0.5) is 0 Å². The molecule has 1 heterocycles. The predicted molar refractivity (Wildman–Crippen MR) is 81.8 cm³/mol. The van der Waals surface area contributed by atoms with E-state index in [-0.39, 0.29) is 11.2 Å². The molecule has 1 rings (SSSR count). The Hall–Kier alpha value is -1.36. The molecule has 0 atom stereocenters. The standard InChI is InChI=1S/C15H27N3O2/c1-10(2)13(11(3)4)9-16-8-12-7-14(19)18(6)15(20)17(12)5/h7,10-11,13,16H,8-9H2,1-6H3. The topological polar surface area (TPSA) is 56.0 Å². The molecular weight excluding hydrogens is 254 g/mol. The molecular formula is C15H27N3O2. The number of hydrogen-bond donors (Lipinski definition) is 1. The van der Waals surface area contributed by atoms with E-state index in [1.54, 1.807) is 7.05 Å². The van der Waals surface area contributed by atoms with E-state index in [0.29, 0.717) is 24.3 Å². The fourth-order valence-electron chi connectivity index (χ4n) is 2.56. The molecule has 0 aliphatic rings. The Labute approximate surface area is 120 Å². The van der Waals surface area contributed by atoms with E-state index >= 15 is 0 Å². The van der Waals surface area contributed by atoms with Crippen LogP contribution in [0.5, 0.6) is 0 Å². The summed E-state index contributed by atoms with van der Waals surface area (Å²) in [4.78, 5) is 23.5. The van der Waals surface area contributed by atoms with Crippen molar-refractivity contribution < 1.29 is 0 Å². The Morgan fingerprint density at radius 1 is 1.05 bits per heavy atom. The van der Waals surface area contributed by atoms with E-state index in [0.717, 1.165) is 16.8 Å². The molecule has 114 valence electrons. The average molecular weight is 281 g/mol. The molecule has 0 saturated heterocycles. The first-order valence-corrected chi connectivity index (χ1v) is 7.22. The average Bonchev–Trinajstić information content (AvgIpc) is 2.36. The fourth-order valence-corrected chi connectivity index (χ4v) is 2.56. The van der Waals surface area contributed by atoms with Gasteiger partial charge in [-0.2, -0.15) is 0 Å². The molecule has 0 unspecified atom stereocenters. The van der Waals surface area contributed by atoms with Crippen molar-refractivity contribution in [3.63, 3.8) is 0 Å². The molecule has 1 aromatic rings. The molecule has 0 aliphatic carbocycles. The van der Waals surface area contributed by atoms with Crippen LogP contribution < -0.4 is 16.6 Å². The van der Waals surface area contributed by atoms with Crippen molar-refractivity contribution in [2.45, 2.75) is 34.2 Å². The minimum atomic E-state index is -0.279. The highest BCUT2D eigenvalue weighted by Crippen LogP contribution is 2.19. The Morgan fingerprint density at radius 2 is 1.60 bits per heavy atom. The zero-order valence-corrected chi connectivity index (χ0v) is 13.4. The molecule has 0 amide bonds. The van der Waals surface area contributed by atoms with Crippen LogP contribution in [0.2, 0.25) is 0 Å². The molecule has 0 aromatic carbocycles. The van der Waals surface area contributed by atoms with Crippen LogP contribution >= 0.6 is 0 Å². The van der Waals surface area contributed by atoms with Crippen molar-refractivity contribution in [1.29, 1.82) is 0 Å². The maximum Gasteiger partial charge on any atom is 0.330 e. The number of nitrogens with one attached hydrogen (secondary N) is 1. The van der Waals surface area contributed by atoms with Crippen molar-refractivity contribution >= 4 is 0 Å². The van der Waals surface area contributed by atoms with Crippen molar-refractivity contribution in [2.24, 2.45) is 31.8 Å². The Kier molecular flexibility index (Phi) is 5.74. The summed E-state index contributed by atoms with van der Waals surface area (Å²) in [5.41, 5.74) is 0.192. The van der Waals surface area contributed by atoms with Crippen LogP contribution in [0.3, 0.4) is 0 Å². The summed E-state index contributed by atoms with van der Waals surface area (Å²) in [6, 6.07) is 1.52. The van der Waals surface area contributed by atoms with Crippen LogP contribution in [-0.2, 0) is 20.6 Å². The molecule has 20 heavy (non-hydrogen) atoms. The van der Waals surface area contributed by atoms with Gasteiger partial charge in [0.1, 0.15) is 0 Å². The third kappa shape index (κ3) is 3.82. The van der Waals surface area contributed by atoms with Crippen molar-refractivity contribution in [3.05, 3.63) is 32.6 Å². The van der Waals surface area contributed by atoms with Crippen LogP contribution in [0, 0.1) is 17.8 Å². The lowest BCUT2D eigenvalue weighted by molar-refractivity contribution is 0.274. The molecule has 1 N–H and O–H groups in total. The zero-order chi connectivity index (χ0) is 15.4. The van der Waals surface area contributed by atoms with E-state index < -0.39 is 0 Å². The van der Waals surface area contributed by atoms with Crippen LogP contribution in [0.1, 0.15) is 33.4 Å². The molecule has 0 bridgehead atoms. The molecule has 0 spiro atoms. The summed E-state index contributed by atoms with van der Waals surface area (Å²) in [6.45, 7) is 10.3. The second-order valence-electron chi connectivity index (χ2n) is 6.16. The minimum absolute atomic E-state index is 0.255. The van der Waals surface area contributed by atoms with E-state index in [9.17, 15) is 9.59 Å². The van der Waals surface area contributed by atoms with Crippen LogP contribution in [0.15, 0.2) is 15.7 Å². The van der Waals surface area contributed by atoms with Gasteiger partial charge in [0.25, 0.3) is 5.56 Å². The summed E-state index contributed by atoms with van der Waals surface area (Å²) in [5, 5.41) is 3.37. The Balaban J connectivity index is 2.77. The molecule has 0 aliphatic heterocycles. The molecule has 5 heteroatoms. The lowest BCUT2D eigenvalue weighted by atomic mass is 9.85. The maximum atomic E-state index is 11.8. The summed E-state index contributed by atoms with van der Waals surface area (Å²) in [5.74, 6) is 1.79. The fraction of sp³-hybridized carbons (Fsp3) is 0.733. The first-order valence-electron chi connectivity index (χ1n) is 7.22. The van der Waals surface area contributed by atoms with Crippen LogP contribution in [0.25, 0.3) is 0 Å². The van der Waals surface area contributed by atoms with Gasteiger partial charge >= 0.3 is 5.69 Å². The van der Waals surface area contributed by atoms with Gasteiger partial charge in [0.05, 0.1) is 0 Å². The van der Waals surface area contributed by atoms with Gasteiger partial charge in [-0.1, -0.05) is 27.7 Å². The van der Waals surface area contributed by atoms with Crippen molar-refractivity contribution in [3.8, 4) is 0 Å². The highest BCUT2D eigenvalue weighted by atomic mass is 16.2. The maximum absolute atomic E-state index is 11.8. The van der Waals surface area contributed by atoms with Crippen LogP contribution in [-0.4, -0.2) is 15.7 Å². The van der Waals surface area contributed by atoms with Gasteiger partial charge in [0, 0.05) is 32.4 Å². The van der Waals surface area contributed by atoms with E-state index in [1.165, 1.54) is 17.7 Å². The highest BCUT2D eigenvalue weighted by molar-refractivity contribution is 5.01. The highest BCUT2D eigenvalue weighted by Gasteiger charge is 2.17. The summed E-state index contributed by atoms with van der Waals surface area (Å²) in [7, 11) is 3.19. The number of rotatable bonds is 6. The monoisotopic (exact) mass is 281 g/mol. The molecule has 0 radical (unpaired) electrons. The van der Waals surface area contributed by atoms with Gasteiger partial charge in [0.15, 0.2) is 0 Å². The molecule has 0 saturated carbocycles. The van der Waals surface area contributed by atoms with E-state index in [2.05, 4.69) is 33.0 Å². The first kappa shape index (κ1) is 16.7. The molecule has 0 fully saturated rings. The van der Waals surface area contributed by atoms with E-state index in [1.807, 2.05) is 0 Å². The lowest BCUT2D eigenvalue weighted by Gasteiger charge is -2.25. The van der Waals surface area contributed by atoms with Gasteiger partial charge in [-0.3, -0.25) is 13.9 Å². The third-order valence-corrected chi connectivity index (χ3v) is 4.02.